The van der Waals surface area contributed by atoms with Crippen LogP contribution in [-0.4, -0.2) is 26.1 Å². The Hall–Kier alpha value is -1.65. The molecule has 1 fully saturated rings. The first-order chi connectivity index (χ1) is 9.38. The van der Waals surface area contributed by atoms with Gasteiger partial charge in [0, 0.05) is 13.1 Å². The number of rotatable bonds is 4. The van der Waals surface area contributed by atoms with E-state index in [1.165, 1.54) is 32.1 Å². The first-order valence-corrected chi connectivity index (χ1v) is 7.28. The summed E-state index contributed by atoms with van der Waals surface area (Å²) in [5.41, 5.74) is 0.889. The predicted octanol–water partition coefficient (Wildman–Crippen LogP) is 2.79. The van der Waals surface area contributed by atoms with E-state index in [9.17, 15) is 0 Å². The first kappa shape index (κ1) is 12.4. The van der Waals surface area contributed by atoms with Crippen LogP contribution in [0.4, 0.5) is 5.82 Å². The largest absolute Gasteiger partial charge is 0.368 e. The van der Waals surface area contributed by atoms with Crippen LogP contribution in [0.3, 0.4) is 0 Å². The topological polar surface area (TPSA) is 55.6 Å². The van der Waals surface area contributed by atoms with Gasteiger partial charge in [-0.05, 0) is 25.7 Å². The highest BCUT2D eigenvalue weighted by atomic mass is 15.2. The number of fused-ring (bicyclic) bond motifs is 1. The van der Waals surface area contributed by atoms with Gasteiger partial charge in [-0.15, -0.1) is 0 Å². The summed E-state index contributed by atoms with van der Waals surface area (Å²) in [4.78, 5) is 13.2. The van der Waals surface area contributed by atoms with E-state index in [0.29, 0.717) is 0 Å². The van der Waals surface area contributed by atoms with Gasteiger partial charge in [-0.1, -0.05) is 19.3 Å². The Balaban J connectivity index is 1.83. The molecule has 0 unspecified atom stereocenters. The minimum absolute atomic E-state index is 0.769. The molecule has 1 saturated carbocycles. The molecule has 0 atom stereocenters. The van der Waals surface area contributed by atoms with Crippen molar-refractivity contribution in [2.45, 2.75) is 45.6 Å². The predicted molar refractivity (Wildman–Crippen MR) is 75.2 cm³/mol. The van der Waals surface area contributed by atoms with Gasteiger partial charge in [0.15, 0.2) is 11.6 Å². The highest BCUT2D eigenvalue weighted by molar-refractivity contribution is 5.66. The van der Waals surface area contributed by atoms with E-state index in [0.717, 1.165) is 36.3 Å². The summed E-state index contributed by atoms with van der Waals surface area (Å²) in [6.45, 7) is 3.93. The molecule has 0 aromatic rings. The Kier molecular flexibility index (Phi) is 3.62. The van der Waals surface area contributed by atoms with Gasteiger partial charge in [-0.25, -0.2) is 15.0 Å². The van der Waals surface area contributed by atoms with E-state index in [-0.39, 0.29) is 0 Å². The number of aromatic nitrogens is 4. The van der Waals surface area contributed by atoms with Crippen LogP contribution < -0.4 is 5.32 Å². The molecule has 3 aliphatic rings. The Morgan fingerprint density at radius 3 is 2.84 bits per heavy atom. The maximum Gasteiger partial charge on any atom is 0.165 e. The van der Waals surface area contributed by atoms with Crippen LogP contribution in [0.5, 0.6) is 0 Å². The molecule has 0 bridgehead atoms. The van der Waals surface area contributed by atoms with Crippen LogP contribution in [0.2, 0.25) is 0 Å². The van der Waals surface area contributed by atoms with Crippen LogP contribution in [0.15, 0.2) is 12.7 Å². The number of nitrogens with one attached hydrogen (secondary N) is 1. The summed E-state index contributed by atoms with van der Waals surface area (Å²) in [5, 5.41) is 3.24. The summed E-state index contributed by atoms with van der Waals surface area (Å²) in [5.74, 6) is 2.57. The molecule has 0 radical (unpaired) electrons. The molecule has 0 aromatic carbocycles. The van der Waals surface area contributed by atoms with Crippen molar-refractivity contribution in [2.24, 2.45) is 5.92 Å². The van der Waals surface area contributed by atoms with Crippen molar-refractivity contribution in [1.82, 2.24) is 19.5 Å². The average molecular weight is 259 g/mol. The lowest BCUT2D eigenvalue weighted by Gasteiger charge is -2.23. The van der Waals surface area contributed by atoms with Crippen LogP contribution in [-0.2, 0) is 6.54 Å². The summed E-state index contributed by atoms with van der Waals surface area (Å²) in [7, 11) is 0. The molecule has 2 heterocycles. The fraction of sp³-hybridized carbons (Fsp3) is 0.643. The van der Waals surface area contributed by atoms with Crippen molar-refractivity contribution < 1.29 is 0 Å². The highest BCUT2D eigenvalue weighted by Crippen LogP contribution is 2.28. The zero-order chi connectivity index (χ0) is 13.1. The summed E-state index contributed by atoms with van der Waals surface area (Å²) < 4.78 is 2.17. The molecular weight excluding hydrogens is 238 g/mol. The zero-order valence-corrected chi connectivity index (χ0v) is 11.5. The van der Waals surface area contributed by atoms with Crippen molar-refractivity contribution in [3.05, 3.63) is 12.7 Å². The lowest BCUT2D eigenvalue weighted by Crippen LogP contribution is -2.17. The van der Waals surface area contributed by atoms with E-state index in [2.05, 4.69) is 31.8 Å². The van der Waals surface area contributed by atoms with E-state index >= 15 is 0 Å². The van der Waals surface area contributed by atoms with E-state index in [4.69, 9.17) is 0 Å². The van der Waals surface area contributed by atoms with Crippen LogP contribution in [0.25, 0.3) is 11.5 Å². The van der Waals surface area contributed by atoms with Gasteiger partial charge in [-0.2, -0.15) is 0 Å². The maximum atomic E-state index is 4.48. The second-order valence-electron chi connectivity index (χ2n) is 5.33. The van der Waals surface area contributed by atoms with Crippen molar-refractivity contribution in [2.75, 3.05) is 11.9 Å². The number of hydrogen-bond donors (Lipinski definition) is 1. The van der Waals surface area contributed by atoms with Crippen molar-refractivity contribution in [3.8, 4) is 11.5 Å². The molecule has 0 saturated heterocycles. The molecule has 3 rings (SSSR count). The second kappa shape index (κ2) is 5.55. The maximum absolute atomic E-state index is 4.48. The lowest BCUT2D eigenvalue weighted by atomic mass is 9.89. The molecule has 0 amide bonds. The van der Waals surface area contributed by atoms with Crippen LogP contribution in [0, 0.1) is 5.92 Å². The number of anilines is 1. The molecular formula is C14H21N5. The molecule has 0 aromatic heterocycles. The Morgan fingerprint density at radius 1 is 1.21 bits per heavy atom. The van der Waals surface area contributed by atoms with Crippen molar-refractivity contribution in [3.63, 3.8) is 0 Å². The molecule has 102 valence electrons. The summed E-state index contributed by atoms with van der Waals surface area (Å²) in [6.07, 6.45) is 10.3. The third kappa shape index (κ3) is 2.55. The summed E-state index contributed by atoms with van der Waals surface area (Å²) >= 11 is 0. The molecule has 1 aliphatic carbocycles. The Morgan fingerprint density at radius 2 is 2.05 bits per heavy atom. The fourth-order valence-corrected chi connectivity index (χ4v) is 2.96. The number of imidazole rings is 1. The molecule has 2 aliphatic heterocycles. The van der Waals surface area contributed by atoms with Crippen molar-refractivity contribution in [1.29, 1.82) is 0 Å². The van der Waals surface area contributed by atoms with E-state index in [1.807, 2.05) is 6.33 Å². The fourth-order valence-electron chi connectivity index (χ4n) is 2.96. The normalized spacial score (nSPS) is 16.9. The van der Waals surface area contributed by atoms with Gasteiger partial charge in [0.2, 0.25) is 0 Å². The minimum Gasteiger partial charge on any atom is -0.368 e. The van der Waals surface area contributed by atoms with Gasteiger partial charge in [0.25, 0.3) is 0 Å². The highest BCUT2D eigenvalue weighted by Gasteiger charge is 2.20. The smallest absolute Gasteiger partial charge is 0.165 e. The average Bonchev–Trinajstić information content (AvgIpc) is 2.93. The molecule has 5 nitrogen and oxygen atoms in total. The molecule has 1 N–H and O–H groups in total. The number of hydrogen-bond acceptors (Lipinski definition) is 4. The van der Waals surface area contributed by atoms with Crippen LogP contribution >= 0.6 is 0 Å². The standard InChI is InChI=1S/C14H21N5/c1-2-15-13-12-14(17-9-16-12)19(10-18-13)8-11-6-4-3-5-7-11/h9-11,15H,2-8H2,1H3. The Bertz CT molecular complexity index is 501. The van der Waals surface area contributed by atoms with Gasteiger partial charge in [-0.3, -0.25) is 0 Å². The quantitative estimate of drug-likeness (QED) is 0.917. The van der Waals surface area contributed by atoms with E-state index < -0.39 is 0 Å². The van der Waals surface area contributed by atoms with E-state index in [1.54, 1.807) is 6.33 Å². The lowest BCUT2D eigenvalue weighted by molar-refractivity contribution is 0.318. The van der Waals surface area contributed by atoms with Crippen molar-refractivity contribution >= 4 is 5.82 Å². The van der Waals surface area contributed by atoms with Gasteiger partial charge in [0.05, 0.1) is 6.33 Å². The monoisotopic (exact) mass is 259 g/mol. The third-order valence-electron chi connectivity index (χ3n) is 3.93. The third-order valence-corrected chi connectivity index (χ3v) is 3.93. The van der Waals surface area contributed by atoms with Gasteiger partial charge < -0.3 is 9.88 Å². The number of nitrogens with zero attached hydrogens (tertiary/aromatic N) is 4. The SMILES string of the molecule is CCNc1ncn(CC2CCCCC2)c2ncnc1-2. The minimum atomic E-state index is 0.769. The zero-order valence-electron chi connectivity index (χ0n) is 11.5. The molecule has 0 spiro atoms. The summed E-state index contributed by atoms with van der Waals surface area (Å²) in [6, 6.07) is 0. The molecule has 5 heteroatoms. The molecule has 19 heavy (non-hydrogen) atoms. The Labute approximate surface area is 113 Å². The first-order valence-electron chi connectivity index (χ1n) is 7.28. The van der Waals surface area contributed by atoms with Gasteiger partial charge in [0.1, 0.15) is 12.0 Å². The van der Waals surface area contributed by atoms with Crippen LogP contribution in [0.1, 0.15) is 39.0 Å². The second-order valence-corrected chi connectivity index (χ2v) is 5.33. The van der Waals surface area contributed by atoms with Gasteiger partial charge >= 0.3 is 0 Å².